The Bertz CT molecular complexity index is 342. The van der Waals surface area contributed by atoms with Crippen LogP contribution < -0.4 is 5.32 Å². The van der Waals surface area contributed by atoms with Gasteiger partial charge in [0.05, 0.1) is 6.33 Å². The molecule has 0 aliphatic rings. The minimum Gasteiger partial charge on any atom is -0.337 e. The van der Waals surface area contributed by atoms with Crippen molar-refractivity contribution in [2.45, 2.75) is 25.8 Å². The lowest BCUT2D eigenvalue weighted by molar-refractivity contribution is 0.569. The molecule has 0 atom stereocenters. The van der Waals surface area contributed by atoms with Gasteiger partial charge in [0.1, 0.15) is 0 Å². The van der Waals surface area contributed by atoms with Crippen LogP contribution in [0.1, 0.15) is 18.4 Å². The van der Waals surface area contributed by atoms with Crippen LogP contribution in [-0.4, -0.2) is 22.6 Å². The van der Waals surface area contributed by atoms with Gasteiger partial charge in [-0.1, -0.05) is 0 Å². The number of hydrogen-bond donors (Lipinski definition) is 1. The van der Waals surface area contributed by atoms with Crippen molar-refractivity contribution >= 4 is 11.3 Å². The Morgan fingerprint density at radius 3 is 3.06 bits per heavy atom. The maximum Gasteiger partial charge on any atom is 0.0945 e. The Kier molecular flexibility index (Phi) is 5.26. The summed E-state index contributed by atoms with van der Waals surface area (Å²) in [5.74, 6) is 0. The molecule has 17 heavy (non-hydrogen) atoms. The van der Waals surface area contributed by atoms with E-state index < -0.39 is 0 Å². The van der Waals surface area contributed by atoms with Gasteiger partial charge in [-0.15, -0.1) is 0 Å². The van der Waals surface area contributed by atoms with Crippen LogP contribution in [0.2, 0.25) is 0 Å². The normalized spacial score (nSPS) is 10.8. The van der Waals surface area contributed by atoms with Crippen molar-refractivity contribution < 1.29 is 0 Å². The van der Waals surface area contributed by atoms with E-state index in [9.17, 15) is 0 Å². The molecule has 0 saturated heterocycles. The van der Waals surface area contributed by atoms with Gasteiger partial charge in [-0.25, -0.2) is 4.98 Å². The Balaban J connectivity index is 1.44. The predicted molar refractivity (Wildman–Crippen MR) is 72.4 cm³/mol. The third kappa shape index (κ3) is 4.71. The fourth-order valence-electron chi connectivity index (χ4n) is 1.76. The summed E-state index contributed by atoms with van der Waals surface area (Å²) in [7, 11) is 0. The molecule has 0 aromatic carbocycles. The summed E-state index contributed by atoms with van der Waals surface area (Å²) in [6.07, 6.45) is 9.31. The highest BCUT2D eigenvalue weighted by Crippen LogP contribution is 2.05. The second kappa shape index (κ2) is 7.25. The largest absolute Gasteiger partial charge is 0.337 e. The molecule has 2 rings (SSSR count). The monoisotopic (exact) mass is 249 g/mol. The van der Waals surface area contributed by atoms with E-state index in [2.05, 4.69) is 31.7 Å². The van der Waals surface area contributed by atoms with Gasteiger partial charge in [0, 0.05) is 18.9 Å². The van der Waals surface area contributed by atoms with Crippen LogP contribution >= 0.6 is 11.3 Å². The zero-order valence-electron chi connectivity index (χ0n) is 10.0. The number of rotatable bonds is 8. The number of aromatic nitrogens is 2. The van der Waals surface area contributed by atoms with Gasteiger partial charge in [0.2, 0.25) is 0 Å². The van der Waals surface area contributed by atoms with Gasteiger partial charge in [0.15, 0.2) is 0 Å². The van der Waals surface area contributed by atoms with Crippen LogP contribution in [0.15, 0.2) is 35.5 Å². The molecule has 0 bridgehead atoms. The van der Waals surface area contributed by atoms with Crippen molar-refractivity contribution in [3.05, 3.63) is 41.1 Å². The first-order valence-corrected chi connectivity index (χ1v) is 7.07. The molecule has 0 unspecified atom stereocenters. The summed E-state index contributed by atoms with van der Waals surface area (Å²) in [5, 5.41) is 7.85. The van der Waals surface area contributed by atoms with E-state index in [0.29, 0.717) is 0 Å². The first-order chi connectivity index (χ1) is 8.45. The topological polar surface area (TPSA) is 29.9 Å². The quantitative estimate of drug-likeness (QED) is 0.729. The Hall–Kier alpha value is -1.13. The summed E-state index contributed by atoms with van der Waals surface area (Å²) in [4.78, 5) is 4.03. The first kappa shape index (κ1) is 12.3. The molecule has 2 heterocycles. The number of thiophene rings is 1. The van der Waals surface area contributed by atoms with Gasteiger partial charge in [-0.05, 0) is 54.7 Å². The molecule has 0 fully saturated rings. The molecule has 0 saturated carbocycles. The zero-order chi connectivity index (χ0) is 11.8. The van der Waals surface area contributed by atoms with E-state index in [1.807, 2.05) is 18.7 Å². The second-order valence-corrected chi connectivity index (χ2v) is 4.92. The minimum atomic E-state index is 1.08. The molecule has 0 radical (unpaired) electrons. The smallest absolute Gasteiger partial charge is 0.0945 e. The average Bonchev–Trinajstić information content (AvgIpc) is 3.00. The van der Waals surface area contributed by atoms with E-state index >= 15 is 0 Å². The molecular formula is C13H19N3S. The minimum absolute atomic E-state index is 1.08. The van der Waals surface area contributed by atoms with Gasteiger partial charge >= 0.3 is 0 Å². The number of imidazole rings is 1. The van der Waals surface area contributed by atoms with E-state index in [-0.39, 0.29) is 0 Å². The van der Waals surface area contributed by atoms with E-state index in [1.54, 1.807) is 11.3 Å². The van der Waals surface area contributed by atoms with Crippen LogP contribution in [0, 0.1) is 0 Å². The van der Waals surface area contributed by atoms with Gasteiger partial charge < -0.3 is 9.88 Å². The highest BCUT2D eigenvalue weighted by atomic mass is 32.1. The van der Waals surface area contributed by atoms with Gasteiger partial charge in [-0.2, -0.15) is 11.3 Å². The Morgan fingerprint density at radius 2 is 2.29 bits per heavy atom. The van der Waals surface area contributed by atoms with Crippen molar-refractivity contribution in [2.24, 2.45) is 0 Å². The van der Waals surface area contributed by atoms with Crippen molar-refractivity contribution in [1.29, 1.82) is 0 Å². The summed E-state index contributed by atoms with van der Waals surface area (Å²) in [6, 6.07) is 2.20. The summed E-state index contributed by atoms with van der Waals surface area (Å²) >= 11 is 1.77. The van der Waals surface area contributed by atoms with E-state index in [0.717, 1.165) is 26.1 Å². The number of hydrogen-bond acceptors (Lipinski definition) is 3. The van der Waals surface area contributed by atoms with Crippen molar-refractivity contribution in [3.63, 3.8) is 0 Å². The summed E-state index contributed by atoms with van der Waals surface area (Å²) in [5.41, 5.74) is 1.45. The maximum absolute atomic E-state index is 4.03. The lowest BCUT2D eigenvalue weighted by Crippen LogP contribution is -2.18. The third-order valence-corrected chi connectivity index (χ3v) is 3.48. The van der Waals surface area contributed by atoms with Gasteiger partial charge in [-0.3, -0.25) is 0 Å². The van der Waals surface area contributed by atoms with Crippen LogP contribution in [-0.2, 0) is 13.0 Å². The molecule has 1 N–H and O–H groups in total. The maximum atomic E-state index is 4.03. The first-order valence-electron chi connectivity index (χ1n) is 6.13. The van der Waals surface area contributed by atoms with Crippen LogP contribution in [0.4, 0.5) is 0 Å². The molecule has 92 valence electrons. The zero-order valence-corrected chi connectivity index (χ0v) is 10.8. The van der Waals surface area contributed by atoms with Crippen molar-refractivity contribution in [3.8, 4) is 0 Å². The SMILES string of the molecule is c1cn(CCCCNCCc2ccsc2)cn1. The third-order valence-electron chi connectivity index (χ3n) is 2.75. The average molecular weight is 249 g/mol. The number of aryl methyl sites for hydroxylation is 1. The Labute approximate surface area is 107 Å². The summed E-state index contributed by atoms with van der Waals surface area (Å²) in [6.45, 7) is 3.27. The molecule has 4 heteroatoms. The molecule has 3 nitrogen and oxygen atoms in total. The molecule has 0 amide bonds. The van der Waals surface area contributed by atoms with Crippen molar-refractivity contribution in [2.75, 3.05) is 13.1 Å². The molecular weight excluding hydrogens is 230 g/mol. The molecule has 2 aromatic rings. The number of nitrogens with one attached hydrogen (secondary N) is 1. The predicted octanol–water partition coefficient (Wildman–Crippen LogP) is 2.56. The highest BCUT2D eigenvalue weighted by molar-refractivity contribution is 7.07. The Morgan fingerprint density at radius 1 is 1.29 bits per heavy atom. The summed E-state index contributed by atoms with van der Waals surface area (Å²) < 4.78 is 2.13. The standard InChI is InChI=1S/C13H19N3S/c1(2-8-16-9-7-15-12-16)5-14-6-3-13-4-10-17-11-13/h4,7,9-12,14H,1-3,5-6,8H2. The fourth-order valence-corrected chi connectivity index (χ4v) is 2.46. The number of unbranched alkanes of at least 4 members (excludes halogenated alkanes) is 1. The van der Waals surface area contributed by atoms with E-state index in [1.165, 1.54) is 18.4 Å². The molecule has 0 aliphatic heterocycles. The second-order valence-electron chi connectivity index (χ2n) is 4.14. The van der Waals surface area contributed by atoms with Gasteiger partial charge in [0.25, 0.3) is 0 Å². The fraction of sp³-hybridized carbons (Fsp3) is 0.462. The van der Waals surface area contributed by atoms with E-state index in [4.69, 9.17) is 0 Å². The highest BCUT2D eigenvalue weighted by Gasteiger charge is 1.94. The van der Waals surface area contributed by atoms with Crippen LogP contribution in [0.5, 0.6) is 0 Å². The lowest BCUT2D eigenvalue weighted by atomic mass is 10.2. The lowest BCUT2D eigenvalue weighted by Gasteiger charge is -2.04. The van der Waals surface area contributed by atoms with Crippen LogP contribution in [0.25, 0.3) is 0 Å². The molecule has 0 aliphatic carbocycles. The molecule has 2 aromatic heterocycles. The van der Waals surface area contributed by atoms with Crippen LogP contribution in [0.3, 0.4) is 0 Å². The molecule has 0 spiro atoms. The van der Waals surface area contributed by atoms with Crippen molar-refractivity contribution in [1.82, 2.24) is 14.9 Å². The number of nitrogens with zero attached hydrogens (tertiary/aromatic N) is 2.